The standard InChI is InChI=1S/C20H26N4O3.HI/c1-21-20(23-12-15-6-5-8-22-19(15)27-4)24-9-7-14-10-17(25-2)18(26-3)11-16(14)13-24;/h5-6,8,10-11H,7,9,12-13H2,1-4H3,(H,21,23);1H. The van der Waals surface area contributed by atoms with Crippen molar-refractivity contribution >= 4 is 29.9 Å². The van der Waals surface area contributed by atoms with Gasteiger partial charge in [0.15, 0.2) is 17.5 Å². The number of benzene rings is 1. The zero-order chi connectivity index (χ0) is 19.2. The molecule has 28 heavy (non-hydrogen) atoms. The molecule has 1 N–H and O–H groups in total. The number of guanidine groups is 1. The summed E-state index contributed by atoms with van der Waals surface area (Å²) in [6.07, 6.45) is 2.65. The van der Waals surface area contributed by atoms with Gasteiger partial charge in [-0.3, -0.25) is 4.99 Å². The molecule has 2 heterocycles. The fourth-order valence-electron chi connectivity index (χ4n) is 3.31. The van der Waals surface area contributed by atoms with Gasteiger partial charge in [0.25, 0.3) is 0 Å². The van der Waals surface area contributed by atoms with Crippen LogP contribution in [0.1, 0.15) is 16.7 Å². The SMILES string of the molecule is CN=C(NCc1cccnc1OC)N1CCc2cc(OC)c(OC)cc2C1.I. The average molecular weight is 498 g/mol. The van der Waals surface area contributed by atoms with Gasteiger partial charge in [-0.1, -0.05) is 6.07 Å². The first-order chi connectivity index (χ1) is 13.2. The van der Waals surface area contributed by atoms with Crippen LogP contribution in [-0.4, -0.2) is 50.8 Å². The fraction of sp³-hybridized carbons (Fsp3) is 0.400. The number of halogens is 1. The van der Waals surface area contributed by atoms with E-state index >= 15 is 0 Å². The minimum absolute atomic E-state index is 0. The fourth-order valence-corrected chi connectivity index (χ4v) is 3.31. The Morgan fingerprint density at radius 2 is 1.86 bits per heavy atom. The molecule has 1 aromatic heterocycles. The highest BCUT2D eigenvalue weighted by Gasteiger charge is 2.21. The van der Waals surface area contributed by atoms with Gasteiger partial charge in [-0.2, -0.15) is 0 Å². The lowest BCUT2D eigenvalue weighted by Crippen LogP contribution is -2.43. The summed E-state index contributed by atoms with van der Waals surface area (Å²) in [7, 11) is 6.75. The molecule has 0 saturated carbocycles. The molecule has 152 valence electrons. The van der Waals surface area contributed by atoms with Crippen molar-refractivity contribution in [2.75, 3.05) is 34.9 Å². The van der Waals surface area contributed by atoms with Gasteiger partial charge in [0.1, 0.15) is 0 Å². The van der Waals surface area contributed by atoms with Crippen LogP contribution in [0.15, 0.2) is 35.5 Å². The minimum atomic E-state index is 0. The topological polar surface area (TPSA) is 68.2 Å². The number of fused-ring (bicyclic) bond motifs is 1. The second-order valence-corrected chi connectivity index (χ2v) is 6.22. The van der Waals surface area contributed by atoms with E-state index in [9.17, 15) is 0 Å². The Kier molecular flexibility index (Phi) is 8.16. The third-order valence-corrected chi connectivity index (χ3v) is 4.71. The van der Waals surface area contributed by atoms with Gasteiger partial charge in [0.2, 0.25) is 5.88 Å². The second kappa shape index (κ2) is 10.4. The molecular formula is C20H27IN4O3. The molecule has 0 aliphatic carbocycles. The number of aliphatic imine (C=N–C) groups is 1. The number of hydrogen-bond donors (Lipinski definition) is 1. The highest BCUT2D eigenvalue weighted by Crippen LogP contribution is 2.33. The van der Waals surface area contributed by atoms with Crippen LogP contribution in [0.2, 0.25) is 0 Å². The van der Waals surface area contributed by atoms with Crippen molar-refractivity contribution in [2.24, 2.45) is 4.99 Å². The van der Waals surface area contributed by atoms with Crippen molar-refractivity contribution < 1.29 is 14.2 Å². The molecule has 0 radical (unpaired) electrons. The van der Waals surface area contributed by atoms with E-state index in [-0.39, 0.29) is 24.0 Å². The molecule has 0 unspecified atom stereocenters. The summed E-state index contributed by atoms with van der Waals surface area (Å²) in [5.41, 5.74) is 3.50. The summed E-state index contributed by atoms with van der Waals surface area (Å²) in [6, 6.07) is 8.02. The second-order valence-electron chi connectivity index (χ2n) is 6.22. The van der Waals surface area contributed by atoms with E-state index in [1.165, 1.54) is 11.1 Å². The average Bonchev–Trinajstić information content (AvgIpc) is 2.73. The Balaban J connectivity index is 0.00000280. The largest absolute Gasteiger partial charge is 0.493 e. The van der Waals surface area contributed by atoms with Gasteiger partial charge in [-0.25, -0.2) is 4.98 Å². The van der Waals surface area contributed by atoms with Crippen molar-refractivity contribution in [2.45, 2.75) is 19.5 Å². The minimum Gasteiger partial charge on any atom is -0.493 e. The van der Waals surface area contributed by atoms with Crippen molar-refractivity contribution in [3.05, 3.63) is 47.2 Å². The predicted octanol–water partition coefficient (Wildman–Crippen LogP) is 2.86. The number of nitrogens with one attached hydrogen (secondary N) is 1. The molecule has 0 saturated heterocycles. The Hall–Kier alpha value is -2.23. The van der Waals surface area contributed by atoms with Crippen molar-refractivity contribution in [3.8, 4) is 17.4 Å². The lowest BCUT2D eigenvalue weighted by atomic mass is 9.99. The molecule has 2 aromatic rings. The van der Waals surface area contributed by atoms with Crippen LogP contribution in [0.5, 0.6) is 17.4 Å². The third kappa shape index (κ3) is 4.78. The summed E-state index contributed by atoms with van der Waals surface area (Å²) >= 11 is 0. The van der Waals surface area contributed by atoms with E-state index in [1.807, 2.05) is 12.1 Å². The first kappa shape index (κ1) is 22.1. The summed E-state index contributed by atoms with van der Waals surface area (Å²) in [4.78, 5) is 10.9. The zero-order valence-electron chi connectivity index (χ0n) is 16.7. The normalized spacial score (nSPS) is 13.3. The zero-order valence-corrected chi connectivity index (χ0v) is 19.0. The quantitative estimate of drug-likeness (QED) is 0.389. The smallest absolute Gasteiger partial charge is 0.218 e. The highest BCUT2D eigenvalue weighted by molar-refractivity contribution is 14.0. The van der Waals surface area contributed by atoms with Crippen LogP contribution < -0.4 is 19.5 Å². The van der Waals surface area contributed by atoms with Gasteiger partial charge in [0.05, 0.1) is 21.3 Å². The Morgan fingerprint density at radius 1 is 1.14 bits per heavy atom. The third-order valence-electron chi connectivity index (χ3n) is 4.71. The molecule has 0 fully saturated rings. The van der Waals surface area contributed by atoms with Crippen LogP contribution in [0, 0.1) is 0 Å². The molecule has 0 atom stereocenters. The molecule has 7 nitrogen and oxygen atoms in total. The van der Waals surface area contributed by atoms with Gasteiger partial charge in [-0.05, 0) is 35.7 Å². The highest BCUT2D eigenvalue weighted by atomic mass is 127. The van der Waals surface area contributed by atoms with Gasteiger partial charge in [-0.15, -0.1) is 24.0 Å². The molecule has 0 amide bonds. The van der Waals surface area contributed by atoms with E-state index < -0.39 is 0 Å². The molecular weight excluding hydrogens is 471 g/mol. The Morgan fingerprint density at radius 3 is 2.50 bits per heavy atom. The maximum atomic E-state index is 5.44. The Labute approximate surface area is 183 Å². The monoisotopic (exact) mass is 498 g/mol. The number of aromatic nitrogens is 1. The summed E-state index contributed by atoms with van der Waals surface area (Å²) in [6.45, 7) is 2.24. The van der Waals surface area contributed by atoms with Crippen LogP contribution >= 0.6 is 24.0 Å². The Bertz CT molecular complexity index is 829. The van der Waals surface area contributed by atoms with Gasteiger partial charge < -0.3 is 24.4 Å². The number of nitrogens with zero attached hydrogens (tertiary/aromatic N) is 3. The first-order valence-corrected chi connectivity index (χ1v) is 8.87. The molecule has 0 bridgehead atoms. The van der Waals surface area contributed by atoms with Crippen molar-refractivity contribution in [3.63, 3.8) is 0 Å². The van der Waals surface area contributed by atoms with E-state index in [4.69, 9.17) is 14.2 Å². The molecule has 8 heteroatoms. The summed E-state index contributed by atoms with van der Waals surface area (Å²) < 4.78 is 16.2. The number of pyridine rings is 1. The van der Waals surface area contributed by atoms with Crippen LogP contribution in [-0.2, 0) is 19.5 Å². The first-order valence-electron chi connectivity index (χ1n) is 8.87. The molecule has 0 spiro atoms. The summed E-state index contributed by atoms with van der Waals surface area (Å²) in [5, 5.41) is 3.41. The maximum absolute atomic E-state index is 5.44. The lowest BCUT2D eigenvalue weighted by Gasteiger charge is -2.32. The number of methoxy groups -OCH3 is 3. The molecule has 1 aliphatic heterocycles. The molecule has 1 aromatic carbocycles. The van der Waals surface area contributed by atoms with Gasteiger partial charge in [0, 0.05) is 38.4 Å². The van der Waals surface area contributed by atoms with Crippen LogP contribution in [0.25, 0.3) is 0 Å². The van der Waals surface area contributed by atoms with Crippen LogP contribution in [0.3, 0.4) is 0 Å². The predicted molar refractivity (Wildman–Crippen MR) is 120 cm³/mol. The van der Waals surface area contributed by atoms with Crippen molar-refractivity contribution in [1.82, 2.24) is 15.2 Å². The summed E-state index contributed by atoms with van der Waals surface area (Å²) in [5.74, 6) is 3.00. The van der Waals surface area contributed by atoms with E-state index in [0.29, 0.717) is 12.4 Å². The molecule has 1 aliphatic rings. The van der Waals surface area contributed by atoms with Gasteiger partial charge >= 0.3 is 0 Å². The van der Waals surface area contributed by atoms with Crippen LogP contribution in [0.4, 0.5) is 0 Å². The number of rotatable bonds is 5. The maximum Gasteiger partial charge on any atom is 0.218 e. The number of hydrogen-bond acceptors (Lipinski definition) is 5. The number of ether oxygens (including phenoxy) is 3. The molecule has 3 rings (SSSR count). The van der Waals surface area contributed by atoms with E-state index in [1.54, 1.807) is 34.6 Å². The van der Waals surface area contributed by atoms with Crippen molar-refractivity contribution in [1.29, 1.82) is 0 Å². The lowest BCUT2D eigenvalue weighted by molar-refractivity contribution is 0.345. The van der Waals surface area contributed by atoms with E-state index in [0.717, 1.165) is 42.5 Å². The van der Waals surface area contributed by atoms with E-state index in [2.05, 4.69) is 32.3 Å².